The Morgan fingerprint density at radius 2 is 1.88 bits per heavy atom. The largest absolute Gasteiger partial charge is 0.493 e. The topological polar surface area (TPSA) is 21.3 Å². The quantitative estimate of drug-likeness (QED) is 0.732. The molecular formula is C15H25NO. The first-order chi connectivity index (χ1) is 8.15. The number of hydrogen-bond donors (Lipinski definition) is 1. The number of ether oxygens (including phenoxy) is 1. The molecule has 0 spiro atoms. The average molecular weight is 235 g/mol. The lowest BCUT2D eigenvalue weighted by Crippen LogP contribution is -2.25. The van der Waals surface area contributed by atoms with E-state index in [-0.39, 0.29) is 0 Å². The van der Waals surface area contributed by atoms with Gasteiger partial charge in [-0.1, -0.05) is 32.0 Å². The second kappa shape index (κ2) is 7.33. The van der Waals surface area contributed by atoms with Crippen LogP contribution in [0.25, 0.3) is 0 Å². The fourth-order valence-corrected chi connectivity index (χ4v) is 1.84. The second-order valence-electron chi connectivity index (χ2n) is 4.84. The Morgan fingerprint density at radius 3 is 2.47 bits per heavy atom. The van der Waals surface area contributed by atoms with E-state index < -0.39 is 0 Å². The maximum absolute atomic E-state index is 5.92. The molecule has 2 heteroatoms. The maximum Gasteiger partial charge on any atom is 0.125 e. The summed E-state index contributed by atoms with van der Waals surface area (Å²) in [5.74, 6) is 1.59. The molecule has 0 aliphatic carbocycles. The molecule has 0 saturated carbocycles. The summed E-state index contributed by atoms with van der Waals surface area (Å²) in [6.45, 7) is 11.5. The van der Waals surface area contributed by atoms with E-state index in [1.54, 1.807) is 0 Å². The van der Waals surface area contributed by atoms with Crippen molar-refractivity contribution in [2.45, 2.75) is 34.1 Å². The summed E-state index contributed by atoms with van der Waals surface area (Å²) in [6.07, 6.45) is 1.18. The molecule has 0 aliphatic heterocycles. The minimum absolute atomic E-state index is 0.542. The van der Waals surface area contributed by atoms with Gasteiger partial charge in [0.25, 0.3) is 0 Å². The highest BCUT2D eigenvalue weighted by atomic mass is 16.5. The highest BCUT2D eigenvalue weighted by Gasteiger charge is 2.06. The Balaban J connectivity index is 2.39. The first kappa shape index (κ1) is 14.0. The normalized spacial score (nSPS) is 12.5. The highest BCUT2D eigenvalue weighted by molar-refractivity contribution is 5.39. The van der Waals surface area contributed by atoms with Crippen LogP contribution in [0.5, 0.6) is 5.75 Å². The fraction of sp³-hybridized carbons (Fsp3) is 0.600. The van der Waals surface area contributed by atoms with E-state index in [0.717, 1.165) is 25.4 Å². The molecule has 1 N–H and O–H groups in total. The molecule has 2 nitrogen and oxygen atoms in total. The SMILES string of the molecule is CCCNCC(C)COc1c(C)cccc1C. The molecule has 1 rings (SSSR count). The van der Waals surface area contributed by atoms with Crippen LogP contribution in [0.3, 0.4) is 0 Å². The third kappa shape index (κ3) is 4.78. The lowest BCUT2D eigenvalue weighted by Gasteiger charge is -2.16. The number of nitrogens with one attached hydrogen (secondary N) is 1. The van der Waals surface area contributed by atoms with Crippen LogP contribution in [0, 0.1) is 19.8 Å². The van der Waals surface area contributed by atoms with Crippen molar-refractivity contribution in [2.24, 2.45) is 5.92 Å². The first-order valence-corrected chi connectivity index (χ1v) is 6.54. The van der Waals surface area contributed by atoms with Gasteiger partial charge in [-0.05, 0) is 37.9 Å². The van der Waals surface area contributed by atoms with E-state index in [0.29, 0.717) is 5.92 Å². The van der Waals surface area contributed by atoms with Crippen LogP contribution < -0.4 is 10.1 Å². The standard InChI is InChI=1S/C15H25NO/c1-5-9-16-10-12(2)11-17-15-13(3)7-6-8-14(15)4/h6-8,12,16H,5,9-11H2,1-4H3. The van der Waals surface area contributed by atoms with Crippen LogP contribution in [0.15, 0.2) is 18.2 Å². The number of hydrogen-bond acceptors (Lipinski definition) is 2. The van der Waals surface area contributed by atoms with Crippen molar-refractivity contribution in [1.29, 1.82) is 0 Å². The Kier molecular flexibility index (Phi) is 6.06. The van der Waals surface area contributed by atoms with Gasteiger partial charge < -0.3 is 10.1 Å². The molecule has 0 bridgehead atoms. The van der Waals surface area contributed by atoms with E-state index >= 15 is 0 Å². The summed E-state index contributed by atoms with van der Waals surface area (Å²) in [7, 11) is 0. The number of aryl methyl sites for hydroxylation is 2. The van der Waals surface area contributed by atoms with Gasteiger partial charge in [0.1, 0.15) is 5.75 Å². The van der Waals surface area contributed by atoms with Crippen LogP contribution in [0.1, 0.15) is 31.4 Å². The second-order valence-corrected chi connectivity index (χ2v) is 4.84. The zero-order valence-corrected chi connectivity index (χ0v) is 11.5. The predicted octanol–water partition coefficient (Wildman–Crippen LogP) is 3.32. The zero-order valence-electron chi connectivity index (χ0n) is 11.5. The molecule has 0 radical (unpaired) electrons. The van der Waals surface area contributed by atoms with Crippen molar-refractivity contribution in [3.05, 3.63) is 29.3 Å². The van der Waals surface area contributed by atoms with Gasteiger partial charge in [0, 0.05) is 12.5 Å². The summed E-state index contributed by atoms with van der Waals surface area (Å²) in [5.41, 5.74) is 2.44. The van der Waals surface area contributed by atoms with Gasteiger partial charge in [0.05, 0.1) is 6.61 Å². The monoisotopic (exact) mass is 235 g/mol. The summed E-state index contributed by atoms with van der Waals surface area (Å²) in [5, 5.41) is 3.42. The lowest BCUT2D eigenvalue weighted by molar-refractivity contribution is 0.253. The van der Waals surface area contributed by atoms with Gasteiger partial charge in [-0.2, -0.15) is 0 Å². The summed E-state index contributed by atoms with van der Waals surface area (Å²) in [4.78, 5) is 0. The summed E-state index contributed by atoms with van der Waals surface area (Å²) < 4.78 is 5.92. The van der Waals surface area contributed by atoms with Crippen LogP contribution in [0.4, 0.5) is 0 Å². The van der Waals surface area contributed by atoms with E-state index in [1.807, 2.05) is 0 Å². The molecule has 1 aromatic carbocycles. The smallest absolute Gasteiger partial charge is 0.125 e. The van der Waals surface area contributed by atoms with Crippen LogP contribution in [-0.4, -0.2) is 19.7 Å². The molecule has 1 unspecified atom stereocenters. The van der Waals surface area contributed by atoms with Gasteiger partial charge >= 0.3 is 0 Å². The molecule has 0 fully saturated rings. The zero-order chi connectivity index (χ0) is 12.7. The third-order valence-corrected chi connectivity index (χ3v) is 2.84. The molecule has 96 valence electrons. The molecule has 0 saturated heterocycles. The van der Waals surface area contributed by atoms with Crippen LogP contribution in [-0.2, 0) is 0 Å². The molecule has 0 heterocycles. The minimum atomic E-state index is 0.542. The van der Waals surface area contributed by atoms with Crippen molar-refractivity contribution < 1.29 is 4.74 Å². The van der Waals surface area contributed by atoms with E-state index in [9.17, 15) is 0 Å². The van der Waals surface area contributed by atoms with E-state index in [4.69, 9.17) is 4.74 Å². The average Bonchev–Trinajstić information content (AvgIpc) is 2.29. The Hall–Kier alpha value is -1.02. The van der Waals surface area contributed by atoms with Crippen molar-refractivity contribution in [3.63, 3.8) is 0 Å². The minimum Gasteiger partial charge on any atom is -0.493 e. The van der Waals surface area contributed by atoms with Crippen LogP contribution in [0.2, 0.25) is 0 Å². The van der Waals surface area contributed by atoms with E-state index in [1.165, 1.54) is 17.5 Å². The lowest BCUT2D eigenvalue weighted by atomic mass is 10.1. The Bertz CT molecular complexity index is 315. The maximum atomic E-state index is 5.92. The van der Waals surface area contributed by atoms with Crippen LogP contribution >= 0.6 is 0 Å². The van der Waals surface area contributed by atoms with E-state index in [2.05, 4.69) is 51.2 Å². The van der Waals surface area contributed by atoms with Crippen molar-refractivity contribution >= 4 is 0 Å². The van der Waals surface area contributed by atoms with Crippen molar-refractivity contribution in [3.8, 4) is 5.75 Å². The Labute approximate surface area is 105 Å². The molecule has 0 aromatic heterocycles. The number of para-hydroxylation sites is 1. The molecule has 17 heavy (non-hydrogen) atoms. The molecule has 0 amide bonds. The summed E-state index contributed by atoms with van der Waals surface area (Å²) >= 11 is 0. The predicted molar refractivity (Wildman–Crippen MR) is 73.7 cm³/mol. The fourth-order valence-electron chi connectivity index (χ4n) is 1.84. The molecule has 0 aliphatic rings. The van der Waals surface area contributed by atoms with Gasteiger partial charge in [-0.3, -0.25) is 0 Å². The first-order valence-electron chi connectivity index (χ1n) is 6.54. The molecular weight excluding hydrogens is 210 g/mol. The highest BCUT2D eigenvalue weighted by Crippen LogP contribution is 2.22. The van der Waals surface area contributed by atoms with Gasteiger partial charge in [-0.25, -0.2) is 0 Å². The van der Waals surface area contributed by atoms with Gasteiger partial charge in [0.2, 0.25) is 0 Å². The number of benzene rings is 1. The number of rotatable bonds is 7. The summed E-state index contributed by atoms with van der Waals surface area (Å²) in [6, 6.07) is 6.27. The molecule has 1 atom stereocenters. The van der Waals surface area contributed by atoms with Crippen molar-refractivity contribution in [2.75, 3.05) is 19.7 Å². The molecule has 1 aromatic rings. The van der Waals surface area contributed by atoms with Crippen molar-refractivity contribution in [1.82, 2.24) is 5.32 Å². The third-order valence-electron chi connectivity index (χ3n) is 2.84. The van der Waals surface area contributed by atoms with Gasteiger partial charge in [-0.15, -0.1) is 0 Å². The van der Waals surface area contributed by atoms with Gasteiger partial charge in [0.15, 0.2) is 0 Å². The Morgan fingerprint density at radius 1 is 1.24 bits per heavy atom.